The second-order valence-corrected chi connectivity index (χ2v) is 4.65. The molecule has 0 bridgehead atoms. The summed E-state index contributed by atoms with van der Waals surface area (Å²) in [7, 11) is 0. The molecule has 76 valence electrons. The van der Waals surface area contributed by atoms with Crippen molar-refractivity contribution in [3.05, 3.63) is 0 Å². The van der Waals surface area contributed by atoms with Gasteiger partial charge in [-0.05, 0) is 25.7 Å². The molecule has 1 aliphatic heterocycles. The van der Waals surface area contributed by atoms with E-state index in [1.807, 2.05) is 0 Å². The van der Waals surface area contributed by atoms with Gasteiger partial charge in [0.15, 0.2) is 0 Å². The molecule has 3 nitrogen and oxygen atoms in total. The fraction of sp³-hybridized carbons (Fsp3) is 1.00. The first-order valence-electron chi connectivity index (χ1n) is 5.46. The minimum absolute atomic E-state index is 0.503. The monoisotopic (exact) mass is 183 g/mol. The molecule has 1 atom stereocenters. The third-order valence-electron chi connectivity index (χ3n) is 3.40. The van der Waals surface area contributed by atoms with Gasteiger partial charge < -0.3 is 11.1 Å². The maximum absolute atomic E-state index is 5.78. The molecule has 2 aliphatic rings. The van der Waals surface area contributed by atoms with E-state index < -0.39 is 0 Å². The highest BCUT2D eigenvalue weighted by molar-refractivity contribution is 4.86. The third kappa shape index (κ3) is 2.22. The molecule has 1 saturated heterocycles. The fourth-order valence-corrected chi connectivity index (χ4v) is 2.42. The van der Waals surface area contributed by atoms with Crippen molar-refractivity contribution in [1.82, 2.24) is 10.2 Å². The Hall–Kier alpha value is -0.120. The van der Waals surface area contributed by atoms with Gasteiger partial charge >= 0.3 is 0 Å². The van der Waals surface area contributed by atoms with E-state index in [4.69, 9.17) is 5.73 Å². The zero-order valence-electron chi connectivity index (χ0n) is 8.50. The minimum Gasteiger partial charge on any atom is -0.328 e. The minimum atomic E-state index is 0.503. The Morgan fingerprint density at radius 2 is 2.23 bits per heavy atom. The second-order valence-electron chi connectivity index (χ2n) is 4.65. The van der Waals surface area contributed by atoms with Crippen molar-refractivity contribution < 1.29 is 0 Å². The van der Waals surface area contributed by atoms with E-state index >= 15 is 0 Å². The van der Waals surface area contributed by atoms with Crippen LogP contribution in [0.5, 0.6) is 0 Å². The Morgan fingerprint density at radius 1 is 1.46 bits per heavy atom. The van der Waals surface area contributed by atoms with Crippen LogP contribution in [0.4, 0.5) is 0 Å². The molecule has 2 fully saturated rings. The summed E-state index contributed by atoms with van der Waals surface area (Å²) >= 11 is 0. The van der Waals surface area contributed by atoms with Gasteiger partial charge in [0.2, 0.25) is 0 Å². The van der Waals surface area contributed by atoms with Crippen LogP contribution < -0.4 is 11.1 Å². The Labute approximate surface area is 80.7 Å². The quantitative estimate of drug-likeness (QED) is 0.634. The van der Waals surface area contributed by atoms with Crippen molar-refractivity contribution in [2.75, 3.05) is 26.2 Å². The maximum atomic E-state index is 5.78. The first kappa shape index (κ1) is 9.44. The first-order valence-corrected chi connectivity index (χ1v) is 5.46. The number of hydrogen-bond acceptors (Lipinski definition) is 3. The fourth-order valence-electron chi connectivity index (χ4n) is 2.42. The van der Waals surface area contributed by atoms with Gasteiger partial charge in [-0.25, -0.2) is 0 Å². The molecular weight excluding hydrogens is 162 g/mol. The van der Waals surface area contributed by atoms with Crippen molar-refractivity contribution in [3.8, 4) is 0 Å². The molecule has 1 aliphatic carbocycles. The van der Waals surface area contributed by atoms with Crippen LogP contribution in [0.1, 0.15) is 19.8 Å². The zero-order chi connectivity index (χ0) is 9.26. The van der Waals surface area contributed by atoms with Crippen LogP contribution in [0, 0.1) is 5.92 Å². The van der Waals surface area contributed by atoms with Crippen molar-refractivity contribution >= 4 is 0 Å². The number of nitrogens with one attached hydrogen (secondary N) is 1. The first-order chi connectivity index (χ1) is 6.25. The Bertz CT molecular complexity index is 166. The van der Waals surface area contributed by atoms with Crippen LogP contribution in [0.15, 0.2) is 0 Å². The lowest BCUT2D eigenvalue weighted by atomic mass is 9.80. The average Bonchev–Trinajstić information content (AvgIpc) is 2.06. The van der Waals surface area contributed by atoms with Crippen LogP contribution in [0.3, 0.4) is 0 Å². The molecule has 3 N–H and O–H groups in total. The lowest BCUT2D eigenvalue weighted by Crippen LogP contribution is -2.53. The van der Waals surface area contributed by atoms with E-state index in [-0.39, 0.29) is 0 Å². The highest BCUT2D eigenvalue weighted by Gasteiger charge is 2.29. The van der Waals surface area contributed by atoms with E-state index in [0.29, 0.717) is 12.1 Å². The number of nitrogens with zero attached hydrogens (tertiary/aromatic N) is 1. The topological polar surface area (TPSA) is 41.3 Å². The number of piperazine rings is 1. The normalized spacial score (nSPS) is 41.5. The molecule has 0 amide bonds. The van der Waals surface area contributed by atoms with Gasteiger partial charge in [0.1, 0.15) is 0 Å². The number of hydrogen-bond donors (Lipinski definition) is 2. The van der Waals surface area contributed by atoms with Gasteiger partial charge in [-0.1, -0.05) is 0 Å². The summed E-state index contributed by atoms with van der Waals surface area (Å²) in [4.78, 5) is 2.60. The van der Waals surface area contributed by atoms with E-state index in [2.05, 4.69) is 17.1 Å². The Morgan fingerprint density at radius 3 is 2.85 bits per heavy atom. The molecule has 0 aromatic carbocycles. The van der Waals surface area contributed by atoms with Gasteiger partial charge in [-0.3, -0.25) is 4.90 Å². The lowest BCUT2D eigenvalue weighted by molar-refractivity contribution is 0.109. The highest BCUT2D eigenvalue weighted by atomic mass is 15.2. The molecule has 1 unspecified atom stereocenters. The van der Waals surface area contributed by atoms with Crippen molar-refractivity contribution in [2.24, 2.45) is 11.7 Å². The molecule has 0 radical (unpaired) electrons. The Kier molecular flexibility index (Phi) is 2.86. The summed E-state index contributed by atoms with van der Waals surface area (Å²) in [6.45, 7) is 7.11. The molecule has 13 heavy (non-hydrogen) atoms. The molecule has 0 aromatic rings. The largest absolute Gasteiger partial charge is 0.328 e. The van der Waals surface area contributed by atoms with Gasteiger partial charge in [0, 0.05) is 38.3 Å². The van der Waals surface area contributed by atoms with Crippen LogP contribution in [-0.4, -0.2) is 43.2 Å². The van der Waals surface area contributed by atoms with Crippen LogP contribution in [-0.2, 0) is 0 Å². The maximum Gasteiger partial charge on any atom is 0.0193 e. The third-order valence-corrected chi connectivity index (χ3v) is 3.40. The van der Waals surface area contributed by atoms with Crippen molar-refractivity contribution in [2.45, 2.75) is 31.8 Å². The molecular formula is C10H21N3. The van der Waals surface area contributed by atoms with Gasteiger partial charge in [-0.2, -0.15) is 0 Å². The molecule has 1 saturated carbocycles. The van der Waals surface area contributed by atoms with E-state index in [1.54, 1.807) is 0 Å². The number of rotatable bonds is 2. The highest BCUT2D eigenvalue weighted by Crippen LogP contribution is 2.27. The summed E-state index contributed by atoms with van der Waals surface area (Å²) in [6.07, 6.45) is 2.49. The molecule has 1 heterocycles. The standard InChI is InChI=1S/C10H21N3/c1-8-6-12-2-3-13(8)7-9-4-10(11)5-9/h8-10,12H,2-7,11H2,1H3. The molecule has 0 spiro atoms. The van der Waals surface area contributed by atoms with E-state index in [0.717, 1.165) is 19.0 Å². The Balaban J connectivity index is 1.73. The SMILES string of the molecule is CC1CNCCN1CC1CC(N)C1. The number of nitrogens with two attached hydrogens (primary N) is 1. The molecule has 2 rings (SSSR count). The summed E-state index contributed by atoms with van der Waals surface area (Å²) in [5.74, 6) is 0.885. The average molecular weight is 183 g/mol. The van der Waals surface area contributed by atoms with Crippen molar-refractivity contribution in [1.29, 1.82) is 0 Å². The predicted octanol–water partition coefficient (Wildman–Crippen LogP) is 0.0174. The zero-order valence-corrected chi connectivity index (χ0v) is 8.50. The second kappa shape index (κ2) is 3.95. The summed E-state index contributed by atoms with van der Waals surface area (Å²) < 4.78 is 0. The molecule has 3 heteroatoms. The van der Waals surface area contributed by atoms with Crippen LogP contribution in [0.25, 0.3) is 0 Å². The van der Waals surface area contributed by atoms with Gasteiger partial charge in [0.05, 0.1) is 0 Å². The predicted molar refractivity (Wildman–Crippen MR) is 54.6 cm³/mol. The van der Waals surface area contributed by atoms with E-state index in [9.17, 15) is 0 Å². The van der Waals surface area contributed by atoms with E-state index in [1.165, 1.54) is 25.9 Å². The summed E-state index contributed by atoms with van der Waals surface area (Å²) in [5.41, 5.74) is 5.78. The lowest BCUT2D eigenvalue weighted by Gasteiger charge is -2.41. The summed E-state index contributed by atoms with van der Waals surface area (Å²) in [5, 5.41) is 3.42. The van der Waals surface area contributed by atoms with Crippen LogP contribution in [0.2, 0.25) is 0 Å². The summed E-state index contributed by atoms with van der Waals surface area (Å²) in [6, 6.07) is 1.22. The van der Waals surface area contributed by atoms with Crippen LogP contribution >= 0.6 is 0 Å². The van der Waals surface area contributed by atoms with Crippen molar-refractivity contribution in [3.63, 3.8) is 0 Å². The van der Waals surface area contributed by atoms with Gasteiger partial charge in [0.25, 0.3) is 0 Å². The van der Waals surface area contributed by atoms with Gasteiger partial charge in [-0.15, -0.1) is 0 Å². The smallest absolute Gasteiger partial charge is 0.0193 e. The molecule has 0 aromatic heterocycles.